The molecule has 3 heterocycles. The van der Waals surface area contributed by atoms with Crippen molar-refractivity contribution >= 4 is 61.0 Å². The minimum atomic E-state index is -4.19. The summed E-state index contributed by atoms with van der Waals surface area (Å²) >= 11 is 1.33. The van der Waals surface area contributed by atoms with Gasteiger partial charge in [-0.3, -0.25) is 24.2 Å². The lowest BCUT2D eigenvalue weighted by atomic mass is 10.0. The van der Waals surface area contributed by atoms with Gasteiger partial charge in [0.2, 0.25) is 21.3 Å². The molecule has 2 amide bonds. The Kier molecular flexibility index (Phi) is 8.54. The van der Waals surface area contributed by atoms with Gasteiger partial charge in [-0.25, -0.2) is 8.42 Å². The fourth-order valence-electron chi connectivity index (χ4n) is 4.45. The zero-order valence-corrected chi connectivity index (χ0v) is 22.8. The molecule has 3 atom stereocenters. The van der Waals surface area contributed by atoms with Crippen molar-refractivity contribution in [1.82, 2.24) is 14.9 Å². The zero-order valence-electron chi connectivity index (χ0n) is 21.1. The number of carbonyl (C=O) groups excluding carboxylic acids is 4. The molecule has 4 rings (SSSR count). The van der Waals surface area contributed by atoms with Gasteiger partial charge in [0.1, 0.15) is 6.04 Å². The number of Topliss-reactive ketones (excluding diaryl/α,β-unsaturated/α-hetero) is 1. The highest BCUT2D eigenvalue weighted by molar-refractivity contribution is 7.90. The van der Waals surface area contributed by atoms with Gasteiger partial charge in [0.05, 0.1) is 17.5 Å². The minimum Gasteiger partial charge on any atom is -0.344 e. The summed E-state index contributed by atoms with van der Waals surface area (Å²) in [5, 5.41) is 4.87. The molecule has 2 aliphatic rings. The highest BCUT2D eigenvalue weighted by Gasteiger charge is 2.40. The van der Waals surface area contributed by atoms with E-state index in [0.29, 0.717) is 17.7 Å². The van der Waals surface area contributed by atoms with Crippen molar-refractivity contribution in [2.75, 3.05) is 13.1 Å². The van der Waals surface area contributed by atoms with Crippen LogP contribution >= 0.6 is 11.3 Å². The third kappa shape index (κ3) is 6.25. The Bertz CT molecular complexity index is 1380. The van der Waals surface area contributed by atoms with Gasteiger partial charge in [-0.1, -0.05) is 32.0 Å². The molecule has 2 aromatic rings. The van der Waals surface area contributed by atoms with E-state index >= 15 is 0 Å². The molecule has 0 spiro atoms. The fourth-order valence-corrected chi connectivity index (χ4v) is 6.99. The average molecular weight is 559 g/mol. The Hall–Kier alpha value is -3.22. The second-order valence-corrected chi connectivity index (χ2v) is 12.8. The molecular weight excluding hydrogens is 528 g/mol. The number of aliphatic imine (C=N–C) groups is 1. The molecule has 1 aromatic carbocycles. The van der Waals surface area contributed by atoms with Crippen molar-refractivity contribution in [3.63, 3.8) is 0 Å². The molecule has 0 radical (unpaired) electrons. The number of amides is 2. The standard InChI is InChI=1S/C26H30N4O6S2/c1-16(2)13-19(29-25(34)23-14-17-7-3-4-10-22(17)37-23)24(33)28-18-8-6-12-30(15-21(18)32)38(35,36)26-20(31)9-5-11-27-26/h3-5,7,9-11,14,16,18-19,26H,6,8,12-13,15H2,1-2H3,(H,28,33)(H,29,34)/t18?,19-,26?/m0/s1. The van der Waals surface area contributed by atoms with Gasteiger partial charge in [0, 0.05) is 17.5 Å². The predicted molar refractivity (Wildman–Crippen MR) is 146 cm³/mol. The second-order valence-electron chi connectivity index (χ2n) is 9.76. The van der Waals surface area contributed by atoms with Gasteiger partial charge in [0.15, 0.2) is 11.6 Å². The maximum atomic E-state index is 13.2. The molecule has 10 nitrogen and oxygen atoms in total. The van der Waals surface area contributed by atoms with E-state index in [1.54, 1.807) is 6.07 Å². The molecule has 2 aliphatic heterocycles. The molecule has 38 heavy (non-hydrogen) atoms. The Morgan fingerprint density at radius 1 is 1.21 bits per heavy atom. The number of hydrogen-bond acceptors (Lipinski definition) is 8. The summed E-state index contributed by atoms with van der Waals surface area (Å²) in [5.74, 6) is -1.94. The molecule has 2 N–H and O–H groups in total. The summed E-state index contributed by atoms with van der Waals surface area (Å²) in [6.45, 7) is 3.41. The van der Waals surface area contributed by atoms with Crippen molar-refractivity contribution in [1.29, 1.82) is 0 Å². The van der Waals surface area contributed by atoms with Crippen molar-refractivity contribution < 1.29 is 27.6 Å². The van der Waals surface area contributed by atoms with Gasteiger partial charge in [-0.15, -0.1) is 11.3 Å². The number of ketones is 2. The van der Waals surface area contributed by atoms with Gasteiger partial charge in [0.25, 0.3) is 5.91 Å². The fraction of sp³-hybridized carbons (Fsp3) is 0.423. The lowest BCUT2D eigenvalue weighted by Crippen LogP contribution is -2.53. The first-order valence-corrected chi connectivity index (χ1v) is 14.7. The van der Waals surface area contributed by atoms with Gasteiger partial charge >= 0.3 is 0 Å². The smallest absolute Gasteiger partial charge is 0.262 e. The summed E-state index contributed by atoms with van der Waals surface area (Å²) in [7, 11) is -4.19. The van der Waals surface area contributed by atoms with Crippen molar-refractivity contribution in [2.45, 2.75) is 50.6 Å². The normalized spacial score (nSPS) is 21.4. The van der Waals surface area contributed by atoms with Crippen LogP contribution in [0.25, 0.3) is 10.1 Å². The monoisotopic (exact) mass is 558 g/mol. The number of fused-ring (bicyclic) bond motifs is 1. The number of carbonyl (C=O) groups is 4. The highest BCUT2D eigenvalue weighted by atomic mass is 32.2. The summed E-state index contributed by atoms with van der Waals surface area (Å²) in [4.78, 5) is 55.6. The van der Waals surface area contributed by atoms with Crippen molar-refractivity contribution in [3.05, 3.63) is 47.4 Å². The van der Waals surface area contributed by atoms with Crippen LogP contribution in [-0.2, 0) is 24.4 Å². The second kappa shape index (κ2) is 11.7. The van der Waals surface area contributed by atoms with Gasteiger partial charge < -0.3 is 10.6 Å². The summed E-state index contributed by atoms with van der Waals surface area (Å²) in [6, 6.07) is 7.61. The number of sulfonamides is 1. The molecule has 2 unspecified atom stereocenters. The SMILES string of the molecule is CC(C)C[C@H](NC(=O)c1cc2ccccc2s1)C(=O)NC1CCCN(S(=O)(=O)C2N=CC=CC2=O)CC1=O. The zero-order chi connectivity index (χ0) is 27.4. The number of benzene rings is 1. The summed E-state index contributed by atoms with van der Waals surface area (Å²) in [5.41, 5.74) is 0. The maximum Gasteiger partial charge on any atom is 0.262 e. The van der Waals surface area contributed by atoms with Crippen LogP contribution in [0.3, 0.4) is 0 Å². The van der Waals surface area contributed by atoms with E-state index in [4.69, 9.17) is 0 Å². The number of rotatable bonds is 8. The summed E-state index contributed by atoms with van der Waals surface area (Å²) in [6.07, 6.45) is 4.64. The van der Waals surface area contributed by atoms with Gasteiger partial charge in [-0.2, -0.15) is 4.31 Å². The van der Waals surface area contributed by atoms with Crippen molar-refractivity contribution in [3.8, 4) is 0 Å². The molecule has 0 aliphatic carbocycles. The van der Waals surface area contributed by atoms with E-state index in [9.17, 15) is 27.6 Å². The quantitative estimate of drug-likeness (QED) is 0.508. The number of allylic oxidation sites excluding steroid dienone is 1. The van der Waals surface area contributed by atoms with E-state index < -0.39 is 51.5 Å². The number of dihydropyridines is 1. The number of nitrogens with zero attached hydrogens (tertiary/aromatic N) is 2. The van der Waals surface area contributed by atoms with Crippen LogP contribution in [0.2, 0.25) is 0 Å². The van der Waals surface area contributed by atoms with Crippen LogP contribution in [0.1, 0.15) is 42.8 Å². The lowest BCUT2D eigenvalue weighted by molar-refractivity contribution is -0.129. The van der Waals surface area contributed by atoms with Crippen LogP contribution in [0.5, 0.6) is 0 Å². The van der Waals surface area contributed by atoms with E-state index in [-0.39, 0.29) is 24.8 Å². The van der Waals surface area contributed by atoms with Crippen LogP contribution in [0.4, 0.5) is 0 Å². The Balaban J connectivity index is 1.43. The van der Waals surface area contributed by atoms with E-state index in [2.05, 4.69) is 15.6 Å². The Morgan fingerprint density at radius 2 is 1.97 bits per heavy atom. The van der Waals surface area contributed by atoms with Crippen LogP contribution in [0, 0.1) is 5.92 Å². The highest BCUT2D eigenvalue weighted by Crippen LogP contribution is 2.25. The molecule has 12 heteroatoms. The third-order valence-electron chi connectivity index (χ3n) is 6.37. The number of nitrogens with one attached hydrogen (secondary N) is 2. The third-order valence-corrected chi connectivity index (χ3v) is 9.43. The first-order chi connectivity index (χ1) is 18.1. The molecule has 0 bridgehead atoms. The Morgan fingerprint density at radius 3 is 2.68 bits per heavy atom. The first-order valence-electron chi connectivity index (χ1n) is 12.4. The molecule has 0 saturated carbocycles. The average Bonchev–Trinajstić information content (AvgIpc) is 3.22. The van der Waals surface area contributed by atoms with Crippen LogP contribution < -0.4 is 10.6 Å². The molecule has 1 aromatic heterocycles. The molecule has 1 saturated heterocycles. The van der Waals surface area contributed by atoms with E-state index in [1.807, 2.05) is 38.1 Å². The number of thiophene rings is 1. The molecule has 1 fully saturated rings. The van der Waals surface area contributed by atoms with E-state index in [0.717, 1.165) is 20.5 Å². The molecular formula is C26H30N4O6S2. The van der Waals surface area contributed by atoms with E-state index in [1.165, 1.54) is 23.6 Å². The largest absolute Gasteiger partial charge is 0.344 e. The van der Waals surface area contributed by atoms with Crippen LogP contribution in [-0.4, -0.2) is 72.9 Å². The van der Waals surface area contributed by atoms with Crippen molar-refractivity contribution in [2.24, 2.45) is 10.9 Å². The van der Waals surface area contributed by atoms with Gasteiger partial charge in [-0.05, 0) is 54.9 Å². The maximum absolute atomic E-state index is 13.2. The molecule has 202 valence electrons. The lowest BCUT2D eigenvalue weighted by Gasteiger charge is -2.24. The topological polar surface area (TPSA) is 142 Å². The predicted octanol–water partition coefficient (Wildman–Crippen LogP) is 2.06. The first kappa shape index (κ1) is 27.8. The minimum absolute atomic E-state index is 0.0293. The Labute approximate surface area is 225 Å². The van der Waals surface area contributed by atoms with Crippen LogP contribution in [0.15, 0.2) is 47.5 Å². The number of hydrogen-bond donors (Lipinski definition) is 2. The summed E-state index contributed by atoms with van der Waals surface area (Å²) < 4.78 is 27.9.